The molecule has 184 valence electrons. The number of thioether (sulfide) groups is 1. The van der Waals surface area contributed by atoms with E-state index in [4.69, 9.17) is 15.3 Å². The Hall–Kier alpha value is -2.00. The zero-order chi connectivity index (χ0) is 24.3. The maximum absolute atomic E-state index is 13.3. The molecule has 0 spiro atoms. The molecule has 1 fully saturated rings. The van der Waals surface area contributed by atoms with E-state index in [0.717, 1.165) is 67.2 Å². The number of nitrogens with two attached hydrogens (primary N) is 1. The number of carbonyl (C=O) groups is 3. The molecule has 3 heterocycles. The summed E-state index contributed by atoms with van der Waals surface area (Å²) in [7, 11) is 0. The van der Waals surface area contributed by atoms with Crippen molar-refractivity contribution in [1.29, 1.82) is 0 Å². The van der Waals surface area contributed by atoms with E-state index >= 15 is 0 Å². The van der Waals surface area contributed by atoms with Crippen LogP contribution >= 0.6 is 11.8 Å². The zero-order valence-electron chi connectivity index (χ0n) is 20.4. The van der Waals surface area contributed by atoms with Gasteiger partial charge in [0.1, 0.15) is 5.37 Å². The molecule has 9 heteroatoms. The highest BCUT2D eigenvalue weighted by molar-refractivity contribution is 8.04. The Balaban J connectivity index is 2.15. The van der Waals surface area contributed by atoms with Gasteiger partial charge in [0.2, 0.25) is 0 Å². The first-order chi connectivity index (χ1) is 15.6. The number of ether oxygens (including phenoxy) is 1. The maximum Gasteiger partial charge on any atom is 0.337 e. The third kappa shape index (κ3) is 5.57. The average molecular weight is 480 g/mol. The summed E-state index contributed by atoms with van der Waals surface area (Å²) >= 11 is 1.41. The SMILES string of the molecule is CCCCCC1=C2SC(N(OC(C)(C)C)C(=O)C(N)=O)C(C(=O)OCC)=C2C2CCCN1C2. The van der Waals surface area contributed by atoms with E-state index in [1.54, 1.807) is 27.7 Å². The molecule has 0 aromatic heterocycles. The van der Waals surface area contributed by atoms with Crippen molar-refractivity contribution < 1.29 is 24.0 Å². The summed E-state index contributed by atoms with van der Waals surface area (Å²) in [4.78, 5) is 47.5. The lowest BCUT2D eigenvalue weighted by molar-refractivity contribution is -0.227. The molecule has 0 aromatic carbocycles. The summed E-state index contributed by atoms with van der Waals surface area (Å²) in [6, 6.07) is 0. The number of allylic oxidation sites excluding steroid dienone is 2. The van der Waals surface area contributed by atoms with Crippen LogP contribution in [-0.4, -0.2) is 58.4 Å². The first-order valence-electron chi connectivity index (χ1n) is 12.0. The number of unbranched alkanes of at least 4 members (excludes halogenated alkanes) is 2. The molecule has 0 aromatic rings. The van der Waals surface area contributed by atoms with Gasteiger partial charge in [-0.05, 0) is 59.0 Å². The molecule has 2 amide bonds. The van der Waals surface area contributed by atoms with E-state index in [2.05, 4.69) is 11.8 Å². The van der Waals surface area contributed by atoms with Crippen molar-refractivity contribution in [1.82, 2.24) is 9.96 Å². The summed E-state index contributed by atoms with van der Waals surface area (Å²) in [5.41, 5.74) is 7.20. The van der Waals surface area contributed by atoms with Crippen LogP contribution in [0.2, 0.25) is 0 Å². The van der Waals surface area contributed by atoms with Crippen LogP contribution in [0, 0.1) is 5.92 Å². The minimum atomic E-state index is -1.12. The monoisotopic (exact) mass is 479 g/mol. The topological polar surface area (TPSA) is 102 Å². The molecular weight excluding hydrogens is 442 g/mol. The molecule has 3 rings (SSSR count). The second-order valence-electron chi connectivity index (χ2n) is 9.73. The minimum absolute atomic E-state index is 0.181. The zero-order valence-corrected chi connectivity index (χ0v) is 21.3. The van der Waals surface area contributed by atoms with Crippen molar-refractivity contribution >= 4 is 29.5 Å². The summed E-state index contributed by atoms with van der Waals surface area (Å²) in [6.07, 6.45) is 6.25. The fraction of sp³-hybridized carbons (Fsp3) is 0.708. The van der Waals surface area contributed by atoms with E-state index in [1.165, 1.54) is 17.5 Å². The molecule has 0 radical (unpaired) electrons. The molecule has 33 heavy (non-hydrogen) atoms. The summed E-state index contributed by atoms with van der Waals surface area (Å²) < 4.78 is 5.44. The van der Waals surface area contributed by atoms with Crippen LogP contribution in [0.25, 0.3) is 0 Å². The highest BCUT2D eigenvalue weighted by Crippen LogP contribution is 2.54. The number of nitrogens with zero attached hydrogens (tertiary/aromatic N) is 2. The predicted octanol–water partition coefficient (Wildman–Crippen LogP) is 3.48. The fourth-order valence-electron chi connectivity index (χ4n) is 4.72. The second kappa shape index (κ2) is 10.5. The van der Waals surface area contributed by atoms with Crippen LogP contribution in [0.4, 0.5) is 0 Å². The van der Waals surface area contributed by atoms with Crippen molar-refractivity contribution in [3.63, 3.8) is 0 Å². The Morgan fingerprint density at radius 2 is 1.94 bits per heavy atom. The number of hydrogen-bond donors (Lipinski definition) is 1. The van der Waals surface area contributed by atoms with Crippen molar-refractivity contribution in [3.05, 3.63) is 21.7 Å². The van der Waals surface area contributed by atoms with E-state index in [0.29, 0.717) is 5.57 Å². The summed E-state index contributed by atoms with van der Waals surface area (Å²) in [5, 5.41) is 0.176. The number of piperidine rings is 1. The second-order valence-corrected chi connectivity index (χ2v) is 10.8. The van der Waals surface area contributed by atoms with Gasteiger partial charge < -0.3 is 15.4 Å². The van der Waals surface area contributed by atoms with Gasteiger partial charge in [-0.15, -0.1) is 0 Å². The molecule has 0 saturated carbocycles. The number of rotatable bonds is 8. The van der Waals surface area contributed by atoms with E-state index < -0.39 is 28.8 Å². The van der Waals surface area contributed by atoms with Crippen LogP contribution < -0.4 is 5.73 Å². The molecule has 2 N–H and O–H groups in total. The molecule has 1 saturated heterocycles. The lowest BCUT2D eigenvalue weighted by Crippen LogP contribution is -2.49. The standard InChI is InChI=1S/C24H37N3O5S/c1-6-8-9-12-16-19-17(15-11-10-13-26(16)14-15)18(23(30)31-7-2)22(33-19)27(21(29)20(25)28)32-24(3,4)5/h15,22H,6-14H2,1-5H3,(H2,25,28). The van der Waals surface area contributed by atoms with Gasteiger partial charge in [-0.1, -0.05) is 31.5 Å². The Bertz CT molecular complexity index is 861. The molecule has 2 atom stereocenters. The average Bonchev–Trinajstić information content (AvgIpc) is 3.14. The van der Waals surface area contributed by atoms with Gasteiger partial charge >= 0.3 is 17.8 Å². The van der Waals surface area contributed by atoms with Crippen LogP contribution in [0.3, 0.4) is 0 Å². The van der Waals surface area contributed by atoms with Crippen LogP contribution in [0.1, 0.15) is 73.1 Å². The molecule has 3 aliphatic rings. The molecule has 2 bridgehead atoms. The van der Waals surface area contributed by atoms with Gasteiger partial charge in [-0.3, -0.25) is 14.4 Å². The fourth-order valence-corrected chi connectivity index (χ4v) is 6.29. The minimum Gasteiger partial charge on any atom is -0.463 e. The predicted molar refractivity (Wildman–Crippen MR) is 127 cm³/mol. The number of carbonyl (C=O) groups excluding carboxylic acids is 3. The quantitative estimate of drug-likeness (QED) is 0.246. The van der Waals surface area contributed by atoms with Crippen LogP contribution in [0.5, 0.6) is 0 Å². The lowest BCUT2D eigenvalue weighted by atomic mass is 9.82. The molecule has 0 aliphatic carbocycles. The number of hydrogen-bond acceptors (Lipinski definition) is 7. The first kappa shape index (κ1) is 25.6. The van der Waals surface area contributed by atoms with Gasteiger partial charge in [0, 0.05) is 29.6 Å². The highest BCUT2D eigenvalue weighted by atomic mass is 32.2. The van der Waals surface area contributed by atoms with Crippen molar-refractivity contribution in [2.45, 2.75) is 84.1 Å². The van der Waals surface area contributed by atoms with Crippen LogP contribution in [0.15, 0.2) is 21.7 Å². The van der Waals surface area contributed by atoms with E-state index in [1.807, 2.05) is 0 Å². The lowest BCUT2D eigenvalue weighted by Gasteiger charge is -2.42. The Labute approximate surface area is 200 Å². The maximum atomic E-state index is 13.3. The number of esters is 1. The van der Waals surface area contributed by atoms with Crippen LogP contribution in [-0.2, 0) is 24.0 Å². The Morgan fingerprint density at radius 1 is 1.21 bits per heavy atom. The molecule has 2 unspecified atom stereocenters. The van der Waals surface area contributed by atoms with Crippen molar-refractivity contribution in [2.24, 2.45) is 11.7 Å². The largest absolute Gasteiger partial charge is 0.463 e. The summed E-state index contributed by atoms with van der Waals surface area (Å²) in [5.74, 6) is -2.38. The number of fused-ring (bicyclic) bond motifs is 4. The third-order valence-corrected chi connectivity index (χ3v) is 7.33. The Morgan fingerprint density at radius 3 is 2.55 bits per heavy atom. The Kier molecular flexibility index (Phi) is 8.16. The first-order valence-corrected chi connectivity index (χ1v) is 12.8. The van der Waals surface area contributed by atoms with Gasteiger partial charge in [0.25, 0.3) is 0 Å². The number of primary amides is 1. The molecule has 8 nitrogen and oxygen atoms in total. The van der Waals surface area contributed by atoms with Crippen molar-refractivity contribution in [2.75, 3.05) is 19.7 Å². The van der Waals surface area contributed by atoms with E-state index in [-0.39, 0.29) is 12.5 Å². The smallest absolute Gasteiger partial charge is 0.337 e. The van der Waals surface area contributed by atoms with Gasteiger partial charge in [0.15, 0.2) is 0 Å². The van der Waals surface area contributed by atoms with E-state index in [9.17, 15) is 14.4 Å². The number of amides is 2. The molecular formula is C24H37N3O5S. The third-order valence-electron chi connectivity index (χ3n) is 5.99. The van der Waals surface area contributed by atoms with Gasteiger partial charge in [-0.2, -0.15) is 5.06 Å². The number of hydroxylamine groups is 2. The van der Waals surface area contributed by atoms with Gasteiger partial charge in [-0.25, -0.2) is 4.79 Å². The highest BCUT2D eigenvalue weighted by Gasteiger charge is 2.49. The van der Waals surface area contributed by atoms with Gasteiger partial charge in [0.05, 0.1) is 17.8 Å². The normalized spacial score (nSPS) is 22.4. The summed E-state index contributed by atoms with van der Waals surface area (Å²) in [6.45, 7) is 11.4. The molecule has 3 aliphatic heterocycles. The van der Waals surface area contributed by atoms with Crippen molar-refractivity contribution in [3.8, 4) is 0 Å².